The monoisotopic (exact) mass is 374 g/mol. The first kappa shape index (κ1) is 18.3. The normalized spacial score (nSPS) is 18.5. The number of anilines is 2. The SMILES string of the molecule is CCc1ccc(NC(=O)c2cnc(N(C)C3CCS(=O)(=O)C3)cn2)cc1. The van der Waals surface area contributed by atoms with Gasteiger partial charge in [-0.25, -0.2) is 18.4 Å². The van der Waals surface area contributed by atoms with E-state index in [1.54, 1.807) is 7.05 Å². The lowest BCUT2D eigenvalue weighted by Gasteiger charge is -2.23. The third kappa shape index (κ3) is 4.19. The Kier molecular flexibility index (Phi) is 5.22. The quantitative estimate of drug-likeness (QED) is 0.859. The van der Waals surface area contributed by atoms with E-state index in [0.29, 0.717) is 17.9 Å². The summed E-state index contributed by atoms with van der Waals surface area (Å²) in [6.45, 7) is 2.07. The van der Waals surface area contributed by atoms with Gasteiger partial charge in [0.25, 0.3) is 5.91 Å². The summed E-state index contributed by atoms with van der Waals surface area (Å²) in [5.41, 5.74) is 2.11. The molecule has 1 saturated heterocycles. The predicted molar refractivity (Wildman–Crippen MR) is 101 cm³/mol. The molecule has 1 unspecified atom stereocenters. The molecule has 0 saturated carbocycles. The molecule has 0 aliphatic carbocycles. The first-order valence-corrected chi connectivity index (χ1v) is 10.4. The van der Waals surface area contributed by atoms with Crippen LogP contribution < -0.4 is 10.2 Å². The van der Waals surface area contributed by atoms with E-state index in [2.05, 4.69) is 22.2 Å². The number of benzene rings is 1. The number of carbonyl (C=O) groups excluding carboxylic acids is 1. The van der Waals surface area contributed by atoms with Crippen molar-refractivity contribution >= 4 is 27.2 Å². The number of nitrogens with zero attached hydrogens (tertiary/aromatic N) is 3. The minimum absolute atomic E-state index is 0.106. The predicted octanol–water partition coefficient (Wildman–Crippen LogP) is 1.91. The number of aryl methyl sites for hydroxylation is 1. The molecule has 1 fully saturated rings. The van der Waals surface area contributed by atoms with Crippen LogP contribution in [0.5, 0.6) is 0 Å². The maximum atomic E-state index is 12.3. The van der Waals surface area contributed by atoms with E-state index in [-0.39, 0.29) is 29.1 Å². The highest BCUT2D eigenvalue weighted by Crippen LogP contribution is 2.21. The van der Waals surface area contributed by atoms with Gasteiger partial charge in [0.2, 0.25) is 0 Å². The molecule has 1 N–H and O–H groups in total. The van der Waals surface area contributed by atoms with Crippen LogP contribution in [-0.4, -0.2) is 48.9 Å². The topological polar surface area (TPSA) is 92.3 Å². The summed E-state index contributed by atoms with van der Waals surface area (Å²) in [6.07, 6.45) is 4.43. The van der Waals surface area contributed by atoms with Crippen molar-refractivity contribution in [2.75, 3.05) is 28.8 Å². The Labute approximate surface area is 153 Å². The highest BCUT2D eigenvalue weighted by atomic mass is 32.2. The highest BCUT2D eigenvalue weighted by molar-refractivity contribution is 7.91. The van der Waals surface area contributed by atoms with Gasteiger partial charge in [-0.15, -0.1) is 0 Å². The average Bonchev–Trinajstić information content (AvgIpc) is 3.01. The number of hydrogen-bond donors (Lipinski definition) is 1. The zero-order valence-electron chi connectivity index (χ0n) is 14.8. The van der Waals surface area contributed by atoms with Crippen molar-refractivity contribution in [2.24, 2.45) is 0 Å². The van der Waals surface area contributed by atoms with Gasteiger partial charge in [-0.05, 0) is 30.5 Å². The number of aromatic nitrogens is 2. The van der Waals surface area contributed by atoms with Crippen molar-refractivity contribution < 1.29 is 13.2 Å². The van der Waals surface area contributed by atoms with E-state index in [0.717, 1.165) is 6.42 Å². The first-order valence-electron chi connectivity index (χ1n) is 8.53. The number of rotatable bonds is 5. The molecule has 0 radical (unpaired) electrons. The molecule has 0 spiro atoms. The molecular formula is C18H22N4O3S. The molecule has 7 nitrogen and oxygen atoms in total. The fraction of sp³-hybridized carbons (Fsp3) is 0.389. The molecule has 2 aromatic rings. The lowest BCUT2D eigenvalue weighted by atomic mass is 10.1. The maximum Gasteiger partial charge on any atom is 0.275 e. The molecular weight excluding hydrogens is 352 g/mol. The van der Waals surface area contributed by atoms with Crippen molar-refractivity contribution in [2.45, 2.75) is 25.8 Å². The summed E-state index contributed by atoms with van der Waals surface area (Å²) in [4.78, 5) is 22.5. The zero-order valence-corrected chi connectivity index (χ0v) is 15.7. The van der Waals surface area contributed by atoms with Gasteiger partial charge < -0.3 is 10.2 Å². The maximum absolute atomic E-state index is 12.3. The van der Waals surface area contributed by atoms with Gasteiger partial charge in [-0.3, -0.25) is 4.79 Å². The summed E-state index contributed by atoms with van der Waals surface area (Å²) in [5.74, 6) is 0.545. The summed E-state index contributed by atoms with van der Waals surface area (Å²) in [6, 6.07) is 7.54. The van der Waals surface area contributed by atoms with Gasteiger partial charge in [0.15, 0.2) is 9.84 Å². The Morgan fingerprint density at radius 2 is 1.96 bits per heavy atom. The van der Waals surface area contributed by atoms with Crippen LogP contribution >= 0.6 is 0 Å². The molecule has 2 heterocycles. The van der Waals surface area contributed by atoms with Crippen LogP contribution in [-0.2, 0) is 16.3 Å². The van der Waals surface area contributed by atoms with Crippen LogP contribution in [0.2, 0.25) is 0 Å². The van der Waals surface area contributed by atoms with Crippen LogP contribution in [0, 0.1) is 0 Å². The van der Waals surface area contributed by atoms with Gasteiger partial charge in [0, 0.05) is 18.8 Å². The van der Waals surface area contributed by atoms with Gasteiger partial charge in [0.05, 0.1) is 23.9 Å². The smallest absolute Gasteiger partial charge is 0.275 e. The second-order valence-electron chi connectivity index (χ2n) is 6.43. The van der Waals surface area contributed by atoms with Crippen molar-refractivity contribution in [3.05, 3.63) is 47.9 Å². The van der Waals surface area contributed by atoms with Crippen molar-refractivity contribution in [3.63, 3.8) is 0 Å². The Balaban J connectivity index is 1.65. The lowest BCUT2D eigenvalue weighted by Crippen LogP contribution is -2.33. The summed E-state index contributed by atoms with van der Waals surface area (Å²) >= 11 is 0. The van der Waals surface area contributed by atoms with Crippen LogP contribution in [0.15, 0.2) is 36.7 Å². The largest absolute Gasteiger partial charge is 0.354 e. The van der Waals surface area contributed by atoms with Gasteiger partial charge in [-0.1, -0.05) is 19.1 Å². The molecule has 1 aromatic carbocycles. The molecule has 1 amide bonds. The second kappa shape index (κ2) is 7.41. The van der Waals surface area contributed by atoms with Gasteiger partial charge in [0.1, 0.15) is 11.5 Å². The van der Waals surface area contributed by atoms with E-state index in [9.17, 15) is 13.2 Å². The molecule has 1 aromatic heterocycles. The van der Waals surface area contributed by atoms with Crippen LogP contribution in [0.3, 0.4) is 0 Å². The molecule has 3 rings (SSSR count). The summed E-state index contributed by atoms with van der Waals surface area (Å²) in [5, 5.41) is 2.79. The van der Waals surface area contributed by atoms with E-state index in [1.807, 2.05) is 29.2 Å². The van der Waals surface area contributed by atoms with Crippen LogP contribution in [0.25, 0.3) is 0 Å². The number of sulfone groups is 1. The zero-order chi connectivity index (χ0) is 18.7. The van der Waals surface area contributed by atoms with Gasteiger partial charge >= 0.3 is 0 Å². The summed E-state index contributed by atoms with van der Waals surface area (Å²) < 4.78 is 23.2. The lowest BCUT2D eigenvalue weighted by molar-refractivity contribution is 0.102. The number of amides is 1. The van der Waals surface area contributed by atoms with E-state index >= 15 is 0 Å². The Morgan fingerprint density at radius 3 is 2.50 bits per heavy atom. The van der Waals surface area contributed by atoms with Gasteiger partial charge in [-0.2, -0.15) is 0 Å². The van der Waals surface area contributed by atoms with Crippen LogP contribution in [0.4, 0.5) is 11.5 Å². The minimum atomic E-state index is -2.96. The Morgan fingerprint density at radius 1 is 1.23 bits per heavy atom. The van der Waals surface area contributed by atoms with Crippen LogP contribution in [0.1, 0.15) is 29.4 Å². The standard InChI is InChI=1S/C18H22N4O3S/c1-3-13-4-6-14(7-5-13)21-18(23)16-10-20-17(11-19-16)22(2)15-8-9-26(24,25)12-15/h4-7,10-11,15H,3,8-9,12H2,1-2H3,(H,21,23). The molecule has 1 atom stereocenters. The third-order valence-electron chi connectivity index (χ3n) is 4.61. The summed E-state index contributed by atoms with van der Waals surface area (Å²) in [7, 11) is -1.17. The molecule has 8 heteroatoms. The fourth-order valence-electron chi connectivity index (χ4n) is 2.91. The Hall–Kier alpha value is -2.48. The van der Waals surface area contributed by atoms with Crippen molar-refractivity contribution in [1.29, 1.82) is 0 Å². The highest BCUT2D eigenvalue weighted by Gasteiger charge is 2.31. The molecule has 1 aliphatic rings. The fourth-order valence-corrected chi connectivity index (χ4v) is 4.68. The Bertz CT molecular complexity index is 880. The average molecular weight is 374 g/mol. The van der Waals surface area contributed by atoms with E-state index < -0.39 is 9.84 Å². The first-order chi connectivity index (χ1) is 12.4. The van der Waals surface area contributed by atoms with Crippen molar-refractivity contribution in [1.82, 2.24) is 9.97 Å². The number of nitrogens with one attached hydrogen (secondary N) is 1. The molecule has 0 bridgehead atoms. The number of carbonyl (C=O) groups is 1. The number of hydrogen-bond acceptors (Lipinski definition) is 6. The third-order valence-corrected chi connectivity index (χ3v) is 6.36. The molecule has 1 aliphatic heterocycles. The van der Waals surface area contributed by atoms with E-state index in [4.69, 9.17) is 0 Å². The van der Waals surface area contributed by atoms with Crippen molar-refractivity contribution in [3.8, 4) is 0 Å². The molecule has 26 heavy (non-hydrogen) atoms. The van der Waals surface area contributed by atoms with E-state index in [1.165, 1.54) is 18.0 Å². The second-order valence-corrected chi connectivity index (χ2v) is 8.66. The minimum Gasteiger partial charge on any atom is -0.354 e. The molecule has 138 valence electrons.